The fourth-order valence-corrected chi connectivity index (χ4v) is 3.57. The van der Waals surface area contributed by atoms with Gasteiger partial charge in [-0.2, -0.15) is 4.98 Å². The van der Waals surface area contributed by atoms with E-state index in [4.69, 9.17) is 4.52 Å². The molecule has 0 bridgehead atoms. The summed E-state index contributed by atoms with van der Waals surface area (Å²) in [4.78, 5) is 23.4. The van der Waals surface area contributed by atoms with Gasteiger partial charge in [-0.25, -0.2) is 0 Å². The minimum atomic E-state index is 0.156. The fraction of sp³-hybridized carbons (Fsp3) is 0.824. The number of nitrogens with zero attached hydrogens (tertiary/aromatic N) is 5. The molecule has 7 nitrogen and oxygen atoms in total. The molecule has 24 heavy (non-hydrogen) atoms. The van der Waals surface area contributed by atoms with E-state index in [1.165, 1.54) is 6.42 Å². The van der Waals surface area contributed by atoms with Crippen LogP contribution in [0, 0.1) is 6.92 Å². The summed E-state index contributed by atoms with van der Waals surface area (Å²) in [6.07, 6.45) is 4.25. The van der Waals surface area contributed by atoms with Crippen LogP contribution in [0.25, 0.3) is 0 Å². The van der Waals surface area contributed by atoms with Crippen molar-refractivity contribution in [2.24, 2.45) is 0 Å². The first-order valence-electron chi connectivity index (χ1n) is 9.18. The van der Waals surface area contributed by atoms with E-state index in [0.717, 1.165) is 58.7 Å². The largest absolute Gasteiger partial charge is 0.343 e. The van der Waals surface area contributed by atoms with E-state index in [1.54, 1.807) is 0 Å². The number of carbonyl (C=O) groups is 1. The minimum Gasteiger partial charge on any atom is -0.343 e. The summed E-state index contributed by atoms with van der Waals surface area (Å²) in [6.45, 7) is 10.7. The number of likely N-dealkylation sites (tertiary alicyclic amines) is 1. The summed E-state index contributed by atoms with van der Waals surface area (Å²) in [7, 11) is 0. The van der Waals surface area contributed by atoms with Crippen LogP contribution in [0.1, 0.15) is 50.4 Å². The van der Waals surface area contributed by atoms with Gasteiger partial charge in [0.1, 0.15) is 0 Å². The van der Waals surface area contributed by atoms with Gasteiger partial charge in [-0.15, -0.1) is 0 Å². The maximum atomic E-state index is 12.3. The van der Waals surface area contributed by atoms with Gasteiger partial charge < -0.3 is 14.3 Å². The Morgan fingerprint density at radius 2 is 1.83 bits per heavy atom. The van der Waals surface area contributed by atoms with Crippen molar-refractivity contribution in [1.82, 2.24) is 24.8 Å². The first kappa shape index (κ1) is 17.4. The number of hydrogen-bond acceptors (Lipinski definition) is 6. The highest BCUT2D eigenvalue weighted by atomic mass is 16.5. The molecular formula is C17H29N5O2. The van der Waals surface area contributed by atoms with Crippen LogP contribution in [0.15, 0.2) is 4.52 Å². The van der Waals surface area contributed by atoms with Gasteiger partial charge in [0, 0.05) is 52.2 Å². The second kappa shape index (κ2) is 8.07. The van der Waals surface area contributed by atoms with Crippen molar-refractivity contribution in [3.63, 3.8) is 0 Å². The third-order valence-electron chi connectivity index (χ3n) is 5.21. The Labute approximate surface area is 144 Å². The van der Waals surface area contributed by atoms with E-state index in [2.05, 4.69) is 26.9 Å². The molecule has 1 atom stereocenters. The highest BCUT2D eigenvalue weighted by Crippen LogP contribution is 2.20. The molecule has 2 fully saturated rings. The van der Waals surface area contributed by atoms with Gasteiger partial charge in [-0.3, -0.25) is 9.69 Å². The molecule has 2 aliphatic rings. The van der Waals surface area contributed by atoms with Crippen molar-refractivity contribution in [3.8, 4) is 0 Å². The van der Waals surface area contributed by atoms with Crippen LogP contribution in [-0.2, 0) is 4.79 Å². The molecule has 0 radical (unpaired) electrons. The zero-order valence-electron chi connectivity index (χ0n) is 14.9. The Kier molecular flexibility index (Phi) is 5.84. The number of rotatable bonds is 5. The van der Waals surface area contributed by atoms with Crippen LogP contribution in [0.5, 0.6) is 0 Å². The predicted octanol–water partition coefficient (Wildman–Crippen LogP) is 1.46. The maximum Gasteiger partial charge on any atom is 0.243 e. The summed E-state index contributed by atoms with van der Waals surface area (Å²) < 4.78 is 5.29. The molecule has 3 rings (SSSR count). The van der Waals surface area contributed by atoms with E-state index in [1.807, 2.05) is 11.8 Å². The number of aryl methyl sites for hydroxylation is 1. The SMILES string of the molecule is Cc1noc([C@H](C)N2CCN(CCC(=O)N3CCCCC3)CC2)n1. The van der Waals surface area contributed by atoms with Crippen molar-refractivity contribution in [2.75, 3.05) is 45.8 Å². The van der Waals surface area contributed by atoms with Gasteiger partial charge >= 0.3 is 0 Å². The Morgan fingerprint density at radius 3 is 2.46 bits per heavy atom. The average Bonchev–Trinajstić information content (AvgIpc) is 3.06. The highest BCUT2D eigenvalue weighted by molar-refractivity contribution is 5.76. The standard InChI is InChI=1S/C17H29N5O2/c1-14(17-18-15(2)19-24-17)21-12-10-20(11-13-21)9-6-16(23)22-7-4-3-5-8-22/h14H,3-13H2,1-2H3/t14-/m0/s1. The molecule has 134 valence electrons. The van der Waals surface area contributed by atoms with Gasteiger partial charge in [0.25, 0.3) is 0 Å². The molecule has 2 saturated heterocycles. The lowest BCUT2D eigenvalue weighted by Gasteiger charge is -2.37. The zero-order chi connectivity index (χ0) is 16.9. The lowest BCUT2D eigenvalue weighted by atomic mass is 10.1. The predicted molar refractivity (Wildman–Crippen MR) is 90.5 cm³/mol. The van der Waals surface area contributed by atoms with Crippen molar-refractivity contribution in [2.45, 2.75) is 45.6 Å². The van der Waals surface area contributed by atoms with E-state index in [0.29, 0.717) is 24.0 Å². The van der Waals surface area contributed by atoms with E-state index in [9.17, 15) is 4.79 Å². The van der Waals surface area contributed by atoms with Crippen molar-refractivity contribution in [1.29, 1.82) is 0 Å². The third-order valence-corrected chi connectivity index (χ3v) is 5.21. The molecule has 0 aromatic carbocycles. The number of piperidine rings is 1. The number of carbonyl (C=O) groups excluding carboxylic acids is 1. The smallest absolute Gasteiger partial charge is 0.243 e. The quantitative estimate of drug-likeness (QED) is 0.812. The molecule has 7 heteroatoms. The van der Waals surface area contributed by atoms with Crippen LogP contribution in [-0.4, -0.2) is 76.6 Å². The van der Waals surface area contributed by atoms with Crippen LogP contribution in [0.3, 0.4) is 0 Å². The fourth-order valence-electron chi connectivity index (χ4n) is 3.57. The Hall–Kier alpha value is -1.47. The molecule has 0 aliphatic carbocycles. The summed E-state index contributed by atoms with van der Waals surface area (Å²) in [6, 6.07) is 0.156. The molecule has 3 heterocycles. The Bertz CT molecular complexity index is 533. The van der Waals surface area contributed by atoms with Gasteiger partial charge in [-0.1, -0.05) is 5.16 Å². The maximum absolute atomic E-state index is 12.3. The first-order valence-corrected chi connectivity index (χ1v) is 9.18. The molecule has 2 aliphatic heterocycles. The summed E-state index contributed by atoms with van der Waals surface area (Å²) in [5, 5.41) is 3.88. The molecule has 0 spiro atoms. The van der Waals surface area contributed by atoms with E-state index >= 15 is 0 Å². The van der Waals surface area contributed by atoms with Crippen LogP contribution < -0.4 is 0 Å². The lowest BCUT2D eigenvalue weighted by Crippen LogP contribution is -2.48. The Balaban J connectivity index is 1.39. The van der Waals surface area contributed by atoms with Crippen molar-refractivity contribution < 1.29 is 9.32 Å². The van der Waals surface area contributed by atoms with Gasteiger partial charge in [0.15, 0.2) is 5.82 Å². The van der Waals surface area contributed by atoms with Crippen LogP contribution in [0.4, 0.5) is 0 Å². The minimum absolute atomic E-state index is 0.156. The van der Waals surface area contributed by atoms with Crippen LogP contribution in [0.2, 0.25) is 0 Å². The third kappa shape index (κ3) is 4.33. The van der Waals surface area contributed by atoms with E-state index in [-0.39, 0.29) is 6.04 Å². The lowest BCUT2D eigenvalue weighted by molar-refractivity contribution is -0.132. The first-order chi connectivity index (χ1) is 11.6. The molecule has 0 unspecified atom stereocenters. The van der Waals surface area contributed by atoms with Gasteiger partial charge in [0.2, 0.25) is 11.8 Å². The molecule has 0 saturated carbocycles. The number of aromatic nitrogens is 2. The van der Waals surface area contributed by atoms with Crippen molar-refractivity contribution in [3.05, 3.63) is 11.7 Å². The number of amides is 1. The summed E-state index contributed by atoms with van der Waals surface area (Å²) >= 11 is 0. The topological polar surface area (TPSA) is 65.7 Å². The van der Waals surface area contributed by atoms with Gasteiger partial charge in [0.05, 0.1) is 6.04 Å². The highest BCUT2D eigenvalue weighted by Gasteiger charge is 2.26. The molecule has 0 N–H and O–H groups in total. The average molecular weight is 335 g/mol. The molecular weight excluding hydrogens is 306 g/mol. The Morgan fingerprint density at radius 1 is 1.12 bits per heavy atom. The monoisotopic (exact) mass is 335 g/mol. The summed E-state index contributed by atoms with van der Waals surface area (Å²) in [5.41, 5.74) is 0. The van der Waals surface area contributed by atoms with E-state index < -0.39 is 0 Å². The summed E-state index contributed by atoms with van der Waals surface area (Å²) in [5.74, 6) is 1.71. The normalized spacial score (nSPS) is 21.8. The second-order valence-corrected chi connectivity index (χ2v) is 6.92. The number of piperazine rings is 1. The molecule has 1 aromatic rings. The molecule has 1 amide bonds. The van der Waals surface area contributed by atoms with Gasteiger partial charge in [-0.05, 0) is 33.1 Å². The van der Waals surface area contributed by atoms with Crippen molar-refractivity contribution >= 4 is 5.91 Å². The zero-order valence-corrected chi connectivity index (χ0v) is 14.9. The van der Waals surface area contributed by atoms with Crippen LogP contribution >= 0.6 is 0 Å². The molecule has 1 aromatic heterocycles. The number of hydrogen-bond donors (Lipinski definition) is 0. The second-order valence-electron chi connectivity index (χ2n) is 6.92.